The summed E-state index contributed by atoms with van der Waals surface area (Å²) in [7, 11) is 4.01. The molecule has 1 atom stereocenters. The van der Waals surface area contributed by atoms with E-state index in [-0.39, 0.29) is 11.4 Å². The predicted octanol–water partition coefficient (Wildman–Crippen LogP) is 0.324. The summed E-state index contributed by atoms with van der Waals surface area (Å²) in [4.78, 5) is 13.7. The van der Waals surface area contributed by atoms with E-state index in [1.807, 2.05) is 14.1 Å². The van der Waals surface area contributed by atoms with Crippen LogP contribution < -0.4 is 11.1 Å². The molecule has 0 aromatic rings. The van der Waals surface area contributed by atoms with E-state index in [4.69, 9.17) is 5.73 Å². The SMILES string of the molecule is CC(CNC(=O)CC1(N)CCC1)N(C)C. The molecule has 1 aliphatic rings. The zero-order chi connectivity index (χ0) is 11.5. The van der Waals surface area contributed by atoms with Crippen molar-refractivity contribution >= 4 is 5.91 Å². The molecule has 1 unspecified atom stereocenters. The molecular weight excluding hydrogens is 190 g/mol. The molecule has 1 rings (SSSR count). The predicted molar refractivity (Wildman–Crippen MR) is 61.5 cm³/mol. The van der Waals surface area contributed by atoms with Gasteiger partial charge in [-0.25, -0.2) is 0 Å². The molecule has 0 radical (unpaired) electrons. The first-order valence-electron chi connectivity index (χ1n) is 5.65. The van der Waals surface area contributed by atoms with Gasteiger partial charge in [-0.15, -0.1) is 0 Å². The third-order valence-corrected chi connectivity index (χ3v) is 3.34. The van der Waals surface area contributed by atoms with E-state index in [2.05, 4.69) is 17.1 Å². The number of carbonyl (C=O) groups excluding carboxylic acids is 1. The van der Waals surface area contributed by atoms with Crippen LogP contribution >= 0.6 is 0 Å². The summed E-state index contributed by atoms with van der Waals surface area (Å²) >= 11 is 0. The molecule has 88 valence electrons. The Bertz CT molecular complexity index is 224. The number of nitrogens with one attached hydrogen (secondary N) is 1. The van der Waals surface area contributed by atoms with Gasteiger partial charge >= 0.3 is 0 Å². The maximum atomic E-state index is 11.6. The number of likely N-dealkylation sites (N-methyl/N-ethyl adjacent to an activating group) is 1. The average Bonchev–Trinajstić information content (AvgIpc) is 2.11. The van der Waals surface area contributed by atoms with E-state index in [0.717, 1.165) is 19.3 Å². The first-order chi connectivity index (χ1) is 6.93. The number of hydrogen-bond acceptors (Lipinski definition) is 3. The lowest BCUT2D eigenvalue weighted by Gasteiger charge is -2.37. The molecule has 15 heavy (non-hydrogen) atoms. The molecule has 0 saturated heterocycles. The highest BCUT2D eigenvalue weighted by atomic mass is 16.1. The number of carbonyl (C=O) groups is 1. The van der Waals surface area contributed by atoms with Crippen molar-refractivity contribution in [2.24, 2.45) is 5.73 Å². The third-order valence-electron chi connectivity index (χ3n) is 3.34. The van der Waals surface area contributed by atoms with Crippen molar-refractivity contribution in [1.29, 1.82) is 0 Å². The Labute approximate surface area is 92.2 Å². The van der Waals surface area contributed by atoms with Crippen molar-refractivity contribution in [2.45, 2.75) is 44.2 Å². The van der Waals surface area contributed by atoms with Crippen LogP contribution in [-0.4, -0.2) is 43.0 Å². The van der Waals surface area contributed by atoms with Gasteiger partial charge in [-0.05, 0) is 40.3 Å². The molecule has 0 aromatic carbocycles. The number of hydrogen-bond donors (Lipinski definition) is 2. The van der Waals surface area contributed by atoms with Crippen molar-refractivity contribution in [3.05, 3.63) is 0 Å². The van der Waals surface area contributed by atoms with Gasteiger partial charge in [-0.1, -0.05) is 0 Å². The van der Waals surface area contributed by atoms with Crippen molar-refractivity contribution in [2.75, 3.05) is 20.6 Å². The van der Waals surface area contributed by atoms with Gasteiger partial charge < -0.3 is 16.0 Å². The zero-order valence-corrected chi connectivity index (χ0v) is 10.0. The van der Waals surface area contributed by atoms with Gasteiger partial charge in [0.25, 0.3) is 0 Å². The molecular formula is C11H23N3O. The molecule has 1 saturated carbocycles. The highest BCUT2D eigenvalue weighted by Crippen LogP contribution is 2.31. The van der Waals surface area contributed by atoms with Gasteiger partial charge in [0, 0.05) is 24.5 Å². The molecule has 4 heteroatoms. The second kappa shape index (κ2) is 4.94. The van der Waals surface area contributed by atoms with Crippen LogP contribution in [0.2, 0.25) is 0 Å². The van der Waals surface area contributed by atoms with Gasteiger partial charge in [0.1, 0.15) is 0 Å². The largest absolute Gasteiger partial charge is 0.354 e. The van der Waals surface area contributed by atoms with Crippen LogP contribution in [0, 0.1) is 0 Å². The Morgan fingerprint density at radius 3 is 2.53 bits per heavy atom. The molecule has 4 nitrogen and oxygen atoms in total. The average molecular weight is 213 g/mol. The monoisotopic (exact) mass is 213 g/mol. The second-order valence-corrected chi connectivity index (χ2v) is 5.01. The normalized spacial score (nSPS) is 20.9. The van der Waals surface area contributed by atoms with Gasteiger partial charge in [0.2, 0.25) is 5.91 Å². The fourth-order valence-electron chi connectivity index (χ4n) is 1.63. The summed E-state index contributed by atoms with van der Waals surface area (Å²) in [5, 5.41) is 2.93. The summed E-state index contributed by atoms with van der Waals surface area (Å²) in [5.74, 6) is 0.0888. The van der Waals surface area contributed by atoms with Gasteiger partial charge in [-0.3, -0.25) is 4.79 Å². The smallest absolute Gasteiger partial charge is 0.221 e. The molecule has 1 aliphatic carbocycles. The summed E-state index contributed by atoms with van der Waals surface area (Å²) in [6, 6.07) is 0.365. The minimum atomic E-state index is -0.203. The van der Waals surface area contributed by atoms with E-state index in [1.165, 1.54) is 0 Å². The summed E-state index contributed by atoms with van der Waals surface area (Å²) in [5.41, 5.74) is 5.80. The van der Waals surface area contributed by atoms with Crippen LogP contribution in [0.25, 0.3) is 0 Å². The molecule has 0 heterocycles. The number of nitrogens with two attached hydrogens (primary N) is 1. The van der Waals surface area contributed by atoms with Crippen LogP contribution in [0.1, 0.15) is 32.6 Å². The van der Waals surface area contributed by atoms with Crippen molar-refractivity contribution in [3.63, 3.8) is 0 Å². The van der Waals surface area contributed by atoms with E-state index < -0.39 is 0 Å². The van der Waals surface area contributed by atoms with Crippen LogP contribution in [-0.2, 0) is 4.79 Å². The molecule has 0 spiro atoms. The molecule has 0 aromatic heterocycles. The highest BCUT2D eigenvalue weighted by Gasteiger charge is 2.34. The van der Waals surface area contributed by atoms with E-state index in [9.17, 15) is 4.79 Å². The number of rotatable bonds is 5. The van der Waals surface area contributed by atoms with Crippen molar-refractivity contribution in [1.82, 2.24) is 10.2 Å². The lowest BCUT2D eigenvalue weighted by molar-refractivity contribution is -0.123. The summed E-state index contributed by atoms with van der Waals surface area (Å²) in [6.07, 6.45) is 3.62. The van der Waals surface area contributed by atoms with Crippen molar-refractivity contribution < 1.29 is 4.79 Å². The van der Waals surface area contributed by atoms with E-state index >= 15 is 0 Å². The van der Waals surface area contributed by atoms with E-state index in [0.29, 0.717) is 19.0 Å². The lowest BCUT2D eigenvalue weighted by atomic mass is 9.75. The van der Waals surface area contributed by atoms with Gasteiger partial charge in [0.15, 0.2) is 0 Å². The molecule has 3 N–H and O–H groups in total. The minimum absolute atomic E-state index is 0.0888. The molecule has 0 aliphatic heterocycles. The number of nitrogens with zero attached hydrogens (tertiary/aromatic N) is 1. The standard InChI is InChI=1S/C11H23N3O/c1-9(14(2)3)8-13-10(15)7-11(12)5-4-6-11/h9H,4-8,12H2,1-3H3,(H,13,15). The molecule has 1 fully saturated rings. The first kappa shape index (κ1) is 12.5. The maximum Gasteiger partial charge on any atom is 0.221 e. The Morgan fingerprint density at radius 2 is 2.13 bits per heavy atom. The Morgan fingerprint density at radius 1 is 1.53 bits per heavy atom. The Hall–Kier alpha value is -0.610. The highest BCUT2D eigenvalue weighted by molar-refractivity contribution is 5.77. The fourth-order valence-corrected chi connectivity index (χ4v) is 1.63. The van der Waals surface area contributed by atoms with Crippen LogP contribution in [0.5, 0.6) is 0 Å². The lowest BCUT2D eigenvalue weighted by Crippen LogP contribution is -2.50. The maximum absolute atomic E-state index is 11.6. The van der Waals surface area contributed by atoms with Crippen LogP contribution in [0.15, 0.2) is 0 Å². The van der Waals surface area contributed by atoms with Gasteiger partial charge in [0.05, 0.1) is 0 Å². The minimum Gasteiger partial charge on any atom is -0.354 e. The quantitative estimate of drug-likeness (QED) is 0.691. The topological polar surface area (TPSA) is 58.4 Å². The second-order valence-electron chi connectivity index (χ2n) is 5.01. The number of amides is 1. The third kappa shape index (κ3) is 3.80. The fraction of sp³-hybridized carbons (Fsp3) is 0.909. The Kier molecular flexibility index (Phi) is 4.11. The zero-order valence-electron chi connectivity index (χ0n) is 10.0. The van der Waals surface area contributed by atoms with E-state index in [1.54, 1.807) is 0 Å². The molecule has 0 bridgehead atoms. The first-order valence-corrected chi connectivity index (χ1v) is 5.65. The Balaban J connectivity index is 2.19. The van der Waals surface area contributed by atoms with Crippen LogP contribution in [0.3, 0.4) is 0 Å². The van der Waals surface area contributed by atoms with Crippen LogP contribution in [0.4, 0.5) is 0 Å². The van der Waals surface area contributed by atoms with Gasteiger partial charge in [-0.2, -0.15) is 0 Å². The molecule has 1 amide bonds. The van der Waals surface area contributed by atoms with Crippen molar-refractivity contribution in [3.8, 4) is 0 Å². The summed E-state index contributed by atoms with van der Waals surface area (Å²) < 4.78 is 0. The summed E-state index contributed by atoms with van der Waals surface area (Å²) in [6.45, 7) is 2.78.